The molecule has 0 saturated carbocycles. The number of amides is 1. The standard InChI is InChI=1S/C21H20ClN5O6S/c22-15-6-8-16(9-7-15)34(32)13-19-24-26-27(25-19)11-18(28)17(10-20(29)30)23-21(31)33-12-14-4-2-1-3-5-14/h1-9,17H,10-13H2,(H,23,31)(H,29,30). The Morgan fingerprint density at radius 2 is 1.85 bits per heavy atom. The highest BCUT2D eigenvalue weighted by Gasteiger charge is 2.26. The molecule has 3 aromatic rings. The molecular weight excluding hydrogens is 486 g/mol. The van der Waals surface area contributed by atoms with E-state index in [0.29, 0.717) is 9.92 Å². The van der Waals surface area contributed by atoms with Crippen molar-refractivity contribution < 1.29 is 28.8 Å². The summed E-state index contributed by atoms with van der Waals surface area (Å²) < 4.78 is 17.5. The highest BCUT2D eigenvalue weighted by Crippen LogP contribution is 2.17. The largest absolute Gasteiger partial charge is 0.611 e. The maximum absolute atomic E-state index is 12.6. The van der Waals surface area contributed by atoms with Gasteiger partial charge in [0.15, 0.2) is 16.4 Å². The van der Waals surface area contributed by atoms with Crippen LogP contribution in [0, 0.1) is 0 Å². The van der Waals surface area contributed by atoms with E-state index in [0.717, 1.165) is 10.4 Å². The summed E-state index contributed by atoms with van der Waals surface area (Å²) in [5.41, 5.74) is 0.731. The second-order valence-corrected chi connectivity index (χ2v) is 8.89. The molecule has 3 rings (SSSR count). The van der Waals surface area contributed by atoms with Crippen molar-refractivity contribution in [3.63, 3.8) is 0 Å². The number of nitrogens with one attached hydrogen (secondary N) is 1. The average molecular weight is 506 g/mol. The minimum Gasteiger partial charge on any atom is -0.611 e. The zero-order valence-corrected chi connectivity index (χ0v) is 19.2. The predicted molar refractivity (Wildman–Crippen MR) is 120 cm³/mol. The fourth-order valence-electron chi connectivity index (χ4n) is 2.76. The second kappa shape index (κ2) is 12.1. The Labute approximate surface area is 202 Å². The Bertz CT molecular complexity index is 1130. The third-order valence-corrected chi connectivity index (χ3v) is 5.97. The number of benzene rings is 2. The van der Waals surface area contributed by atoms with E-state index in [4.69, 9.17) is 21.4 Å². The van der Waals surface area contributed by atoms with Crippen LogP contribution in [0.3, 0.4) is 0 Å². The molecule has 2 N–H and O–H groups in total. The third-order valence-electron chi connectivity index (χ3n) is 4.40. The predicted octanol–water partition coefficient (Wildman–Crippen LogP) is 1.97. The molecule has 34 heavy (non-hydrogen) atoms. The molecule has 1 heterocycles. The number of aliphatic carboxylic acids is 1. The first kappa shape index (κ1) is 25.1. The fraction of sp³-hybridized carbons (Fsp3) is 0.238. The number of ether oxygens (including phenoxy) is 1. The SMILES string of the molecule is O=C(O)CC(NC(=O)OCc1ccccc1)C(=O)Cn1nnc(C[S+]([O-])c2ccc(Cl)cc2)n1. The molecule has 0 bridgehead atoms. The number of tetrazole rings is 1. The summed E-state index contributed by atoms with van der Waals surface area (Å²) in [6.07, 6.45) is -1.59. The van der Waals surface area contributed by atoms with Gasteiger partial charge in [0.05, 0.1) is 6.42 Å². The van der Waals surface area contributed by atoms with Crippen LogP contribution in [0.4, 0.5) is 4.79 Å². The average Bonchev–Trinajstić information content (AvgIpc) is 3.24. The first-order valence-corrected chi connectivity index (χ1v) is 11.6. The number of carbonyl (C=O) groups is 3. The number of carbonyl (C=O) groups excluding carboxylic acids is 2. The van der Waals surface area contributed by atoms with Crippen molar-refractivity contribution in [3.05, 3.63) is 71.0 Å². The van der Waals surface area contributed by atoms with Crippen LogP contribution in [0.25, 0.3) is 0 Å². The lowest BCUT2D eigenvalue weighted by molar-refractivity contribution is -0.139. The van der Waals surface area contributed by atoms with Crippen LogP contribution >= 0.6 is 11.6 Å². The zero-order valence-electron chi connectivity index (χ0n) is 17.7. The Hall–Kier alpha value is -3.48. The normalized spacial score (nSPS) is 12.5. The molecule has 0 aliphatic heterocycles. The molecule has 178 valence electrons. The van der Waals surface area contributed by atoms with Gasteiger partial charge in [-0.2, -0.15) is 4.80 Å². The van der Waals surface area contributed by atoms with Crippen LogP contribution in [-0.2, 0) is 44.4 Å². The molecule has 0 aliphatic rings. The molecule has 0 saturated heterocycles. The van der Waals surface area contributed by atoms with Gasteiger partial charge in [0, 0.05) is 5.02 Å². The first-order chi connectivity index (χ1) is 16.3. The highest BCUT2D eigenvalue weighted by atomic mass is 35.5. The van der Waals surface area contributed by atoms with E-state index in [-0.39, 0.29) is 18.2 Å². The Morgan fingerprint density at radius 1 is 1.15 bits per heavy atom. The van der Waals surface area contributed by atoms with E-state index in [1.165, 1.54) is 0 Å². The molecule has 0 fully saturated rings. The number of rotatable bonds is 11. The summed E-state index contributed by atoms with van der Waals surface area (Å²) in [5, 5.41) is 23.4. The van der Waals surface area contributed by atoms with Crippen LogP contribution in [0.5, 0.6) is 0 Å². The van der Waals surface area contributed by atoms with Crippen molar-refractivity contribution in [1.29, 1.82) is 0 Å². The van der Waals surface area contributed by atoms with Crippen LogP contribution < -0.4 is 5.32 Å². The highest BCUT2D eigenvalue weighted by molar-refractivity contribution is 7.90. The molecule has 2 aromatic carbocycles. The smallest absolute Gasteiger partial charge is 0.408 e. The van der Waals surface area contributed by atoms with Crippen molar-refractivity contribution in [2.24, 2.45) is 0 Å². The minimum absolute atomic E-state index is 0.0423. The van der Waals surface area contributed by atoms with Gasteiger partial charge in [0.25, 0.3) is 0 Å². The number of carboxylic acids is 1. The Balaban J connectivity index is 1.56. The molecular formula is C21H20ClN5O6S. The van der Waals surface area contributed by atoms with Crippen molar-refractivity contribution in [2.45, 2.75) is 36.3 Å². The summed E-state index contributed by atoms with van der Waals surface area (Å²) in [6.45, 7) is -0.489. The quantitative estimate of drug-likeness (QED) is 0.371. The van der Waals surface area contributed by atoms with Gasteiger partial charge in [0.2, 0.25) is 5.82 Å². The van der Waals surface area contributed by atoms with Crippen LogP contribution in [-0.4, -0.2) is 53.8 Å². The number of aromatic nitrogens is 4. The number of carboxylic acid groups (broad SMARTS) is 1. The maximum atomic E-state index is 12.6. The van der Waals surface area contributed by atoms with Gasteiger partial charge < -0.3 is 19.7 Å². The Kier molecular flexibility index (Phi) is 8.96. The van der Waals surface area contributed by atoms with E-state index in [1.54, 1.807) is 48.5 Å². The van der Waals surface area contributed by atoms with Gasteiger partial charge in [-0.3, -0.25) is 9.59 Å². The monoisotopic (exact) mass is 505 g/mol. The van der Waals surface area contributed by atoms with Gasteiger partial charge in [-0.1, -0.05) is 41.9 Å². The topological polar surface area (TPSA) is 159 Å². The molecule has 1 aromatic heterocycles. The van der Waals surface area contributed by atoms with Crippen molar-refractivity contribution in [1.82, 2.24) is 25.5 Å². The summed E-state index contributed by atoms with van der Waals surface area (Å²) >= 11 is 4.36. The molecule has 2 atom stereocenters. The summed E-state index contributed by atoms with van der Waals surface area (Å²) in [6, 6.07) is 14.0. The van der Waals surface area contributed by atoms with Crippen LogP contribution in [0.2, 0.25) is 5.02 Å². The summed E-state index contributed by atoms with van der Waals surface area (Å²) in [5.74, 6) is -1.86. The number of hydrogen-bond acceptors (Lipinski definition) is 8. The molecule has 1 amide bonds. The van der Waals surface area contributed by atoms with Gasteiger partial charge in [-0.25, -0.2) is 4.79 Å². The fourth-order valence-corrected chi connectivity index (χ4v) is 3.85. The number of hydrogen-bond donors (Lipinski definition) is 2. The summed E-state index contributed by atoms with van der Waals surface area (Å²) in [4.78, 5) is 37.3. The zero-order chi connectivity index (χ0) is 24.5. The third kappa shape index (κ3) is 7.83. The second-order valence-electron chi connectivity index (χ2n) is 7.00. The molecule has 11 nitrogen and oxygen atoms in total. The lowest BCUT2D eigenvalue weighted by Crippen LogP contribution is -2.44. The minimum atomic E-state index is -1.46. The van der Waals surface area contributed by atoms with Gasteiger partial charge in [0.1, 0.15) is 19.2 Å². The maximum Gasteiger partial charge on any atom is 0.408 e. The van der Waals surface area contributed by atoms with Gasteiger partial charge >= 0.3 is 12.1 Å². The molecule has 0 radical (unpaired) electrons. The van der Waals surface area contributed by atoms with Crippen molar-refractivity contribution in [2.75, 3.05) is 0 Å². The number of alkyl carbamates (subject to hydrolysis) is 1. The van der Waals surface area contributed by atoms with Crippen molar-refractivity contribution in [3.8, 4) is 0 Å². The first-order valence-electron chi connectivity index (χ1n) is 9.92. The van der Waals surface area contributed by atoms with E-state index in [9.17, 15) is 18.9 Å². The number of Topliss-reactive ketones (excluding diaryl/α,β-unsaturated/α-hetero) is 1. The van der Waals surface area contributed by atoms with Crippen LogP contribution in [0.15, 0.2) is 59.5 Å². The Morgan fingerprint density at radius 3 is 2.53 bits per heavy atom. The molecule has 0 spiro atoms. The molecule has 13 heteroatoms. The van der Waals surface area contributed by atoms with E-state index < -0.39 is 48.0 Å². The van der Waals surface area contributed by atoms with Gasteiger partial charge in [-0.15, -0.1) is 10.2 Å². The lowest BCUT2D eigenvalue weighted by Gasteiger charge is -2.15. The molecule has 2 unspecified atom stereocenters. The van der Waals surface area contributed by atoms with E-state index >= 15 is 0 Å². The number of nitrogens with zero attached hydrogens (tertiary/aromatic N) is 4. The lowest BCUT2D eigenvalue weighted by atomic mass is 10.1. The molecule has 0 aliphatic carbocycles. The van der Waals surface area contributed by atoms with Crippen LogP contribution in [0.1, 0.15) is 17.8 Å². The summed E-state index contributed by atoms with van der Waals surface area (Å²) in [7, 11) is 0. The number of halogens is 1. The van der Waals surface area contributed by atoms with E-state index in [2.05, 4.69) is 20.7 Å². The van der Waals surface area contributed by atoms with Crippen molar-refractivity contribution >= 4 is 40.6 Å². The van der Waals surface area contributed by atoms with Gasteiger partial charge in [-0.05, 0) is 46.2 Å². The van der Waals surface area contributed by atoms with E-state index in [1.807, 2.05) is 6.07 Å². The number of ketones is 1.